The number of carbonyl (C=O) groups is 4. The molecule has 1 fully saturated rings. The Hall–Kier alpha value is -2.44. The smallest absolute Gasteiger partial charge is 0.326 e. The van der Waals surface area contributed by atoms with E-state index in [9.17, 15) is 19.2 Å². The minimum absolute atomic E-state index is 0.0530. The van der Waals surface area contributed by atoms with Crippen molar-refractivity contribution in [2.24, 2.45) is 0 Å². The van der Waals surface area contributed by atoms with Gasteiger partial charge >= 0.3 is 5.97 Å². The van der Waals surface area contributed by atoms with Crippen LogP contribution in [0.5, 0.6) is 0 Å². The number of nitrogens with zero attached hydrogens (tertiary/aromatic N) is 1. The maximum atomic E-state index is 12.3. The summed E-state index contributed by atoms with van der Waals surface area (Å²) in [6, 6.07) is 0. The molecular weight excluding hydrogens is 324 g/mol. The molecule has 0 spiro atoms. The number of aromatic nitrogens is 1. The van der Waals surface area contributed by atoms with Gasteiger partial charge in [-0.1, -0.05) is 6.42 Å². The van der Waals surface area contributed by atoms with Gasteiger partial charge in [-0.05, 0) is 39.2 Å². The maximum Gasteiger partial charge on any atom is 0.326 e. The molecule has 1 saturated heterocycles. The first-order valence-electron chi connectivity index (χ1n) is 8.48. The highest BCUT2D eigenvalue weighted by Gasteiger charge is 2.23. The van der Waals surface area contributed by atoms with E-state index in [-0.39, 0.29) is 23.9 Å². The topological polar surface area (TPSA) is 96.5 Å². The van der Waals surface area contributed by atoms with E-state index in [4.69, 9.17) is 4.74 Å². The fourth-order valence-corrected chi connectivity index (χ4v) is 3.18. The summed E-state index contributed by atoms with van der Waals surface area (Å²) in [6.45, 7) is 4.84. The second-order valence-corrected chi connectivity index (χ2v) is 6.39. The molecule has 136 valence electrons. The highest BCUT2D eigenvalue weighted by atomic mass is 16.5. The number of Topliss-reactive ketones (excluding diaryl/α,β-unsaturated/α-hetero) is 2. The molecule has 7 heteroatoms. The minimum Gasteiger partial charge on any atom is -0.456 e. The molecule has 1 aromatic rings. The lowest BCUT2D eigenvalue weighted by molar-refractivity contribution is -0.148. The predicted octanol–water partition coefficient (Wildman–Crippen LogP) is 1.96. The molecule has 2 rings (SSSR count). The molecule has 0 unspecified atom stereocenters. The summed E-state index contributed by atoms with van der Waals surface area (Å²) in [4.78, 5) is 52.1. The van der Waals surface area contributed by atoms with Crippen molar-refractivity contribution < 1.29 is 23.9 Å². The van der Waals surface area contributed by atoms with E-state index in [1.807, 2.05) is 0 Å². The molecule has 7 nitrogen and oxygen atoms in total. The minimum atomic E-state index is -0.601. The number of hydrogen-bond donors (Lipinski definition) is 1. The van der Waals surface area contributed by atoms with Crippen molar-refractivity contribution in [3.8, 4) is 0 Å². The second kappa shape index (κ2) is 8.09. The molecule has 0 aromatic carbocycles. The Kier molecular flexibility index (Phi) is 6.12. The quantitative estimate of drug-likeness (QED) is 0.626. The van der Waals surface area contributed by atoms with Gasteiger partial charge in [0, 0.05) is 24.2 Å². The molecule has 0 radical (unpaired) electrons. The number of hydrogen-bond acceptors (Lipinski definition) is 5. The Balaban J connectivity index is 1.93. The lowest BCUT2D eigenvalue weighted by Crippen LogP contribution is -2.36. The van der Waals surface area contributed by atoms with Crippen LogP contribution in [-0.2, 0) is 14.3 Å². The first-order valence-corrected chi connectivity index (χ1v) is 8.48. The number of rotatable bonds is 6. The summed E-state index contributed by atoms with van der Waals surface area (Å²) in [5.41, 5.74) is 1.95. The zero-order valence-electron chi connectivity index (χ0n) is 14.9. The van der Waals surface area contributed by atoms with Gasteiger partial charge in [0.05, 0.1) is 5.69 Å². The fourth-order valence-electron chi connectivity index (χ4n) is 3.18. The van der Waals surface area contributed by atoms with Crippen LogP contribution in [0.25, 0.3) is 0 Å². The fraction of sp³-hybridized carbons (Fsp3) is 0.556. The summed E-state index contributed by atoms with van der Waals surface area (Å²) in [5.74, 6) is -1.18. The van der Waals surface area contributed by atoms with Gasteiger partial charge in [-0.15, -0.1) is 0 Å². The number of aromatic amines is 1. The number of H-pyrrole nitrogens is 1. The van der Waals surface area contributed by atoms with Crippen molar-refractivity contribution in [2.75, 3.05) is 19.7 Å². The van der Waals surface area contributed by atoms with Gasteiger partial charge in [0.1, 0.15) is 6.54 Å². The van der Waals surface area contributed by atoms with E-state index in [0.29, 0.717) is 29.8 Å². The van der Waals surface area contributed by atoms with Crippen LogP contribution in [0.1, 0.15) is 64.7 Å². The van der Waals surface area contributed by atoms with Gasteiger partial charge in [-0.25, -0.2) is 0 Å². The number of esters is 1. The summed E-state index contributed by atoms with van der Waals surface area (Å²) < 4.78 is 5.03. The van der Waals surface area contributed by atoms with Gasteiger partial charge in [-0.2, -0.15) is 0 Å². The number of nitrogens with one attached hydrogen (secondary N) is 1. The van der Waals surface area contributed by atoms with Gasteiger partial charge in [0.25, 0.3) is 0 Å². The molecule has 1 N–H and O–H groups in total. The maximum absolute atomic E-state index is 12.3. The van der Waals surface area contributed by atoms with Crippen molar-refractivity contribution in [1.82, 2.24) is 9.88 Å². The van der Waals surface area contributed by atoms with Crippen LogP contribution in [0.15, 0.2) is 0 Å². The van der Waals surface area contributed by atoms with Crippen molar-refractivity contribution in [1.29, 1.82) is 0 Å². The Morgan fingerprint density at radius 1 is 1.16 bits per heavy atom. The zero-order valence-corrected chi connectivity index (χ0v) is 14.9. The van der Waals surface area contributed by atoms with Gasteiger partial charge < -0.3 is 14.6 Å². The van der Waals surface area contributed by atoms with E-state index < -0.39 is 18.4 Å². The number of ketones is 2. The Labute approximate surface area is 146 Å². The molecule has 0 atom stereocenters. The molecule has 1 aliphatic rings. The third-order valence-electron chi connectivity index (χ3n) is 4.42. The normalized spacial score (nSPS) is 15.0. The summed E-state index contributed by atoms with van der Waals surface area (Å²) in [5, 5.41) is 0. The van der Waals surface area contributed by atoms with Gasteiger partial charge in [0.15, 0.2) is 12.4 Å². The highest BCUT2D eigenvalue weighted by Crippen LogP contribution is 2.19. The Bertz CT molecular complexity index is 705. The van der Waals surface area contributed by atoms with E-state index in [1.54, 1.807) is 13.8 Å². The number of likely N-dealkylation sites (tertiary alicyclic amines) is 1. The van der Waals surface area contributed by atoms with Crippen LogP contribution in [0.3, 0.4) is 0 Å². The largest absolute Gasteiger partial charge is 0.456 e. The van der Waals surface area contributed by atoms with E-state index >= 15 is 0 Å². The number of aryl methyl sites for hydroxylation is 1. The lowest BCUT2D eigenvalue weighted by atomic mass is 10.1. The third kappa shape index (κ3) is 4.55. The molecule has 1 aromatic heterocycles. The van der Waals surface area contributed by atoms with Crippen molar-refractivity contribution in [2.45, 2.75) is 46.5 Å². The Morgan fingerprint density at radius 2 is 1.88 bits per heavy atom. The first-order chi connectivity index (χ1) is 11.8. The van der Waals surface area contributed by atoms with Crippen LogP contribution in [0.2, 0.25) is 0 Å². The molecule has 2 heterocycles. The molecule has 1 aliphatic heterocycles. The van der Waals surface area contributed by atoms with Crippen LogP contribution in [-0.4, -0.2) is 53.0 Å². The van der Waals surface area contributed by atoms with Crippen molar-refractivity contribution in [3.05, 3.63) is 22.5 Å². The first kappa shape index (κ1) is 18.9. The second-order valence-electron chi connectivity index (χ2n) is 6.39. The monoisotopic (exact) mass is 348 g/mol. The van der Waals surface area contributed by atoms with Crippen LogP contribution in [0, 0.1) is 13.8 Å². The van der Waals surface area contributed by atoms with Crippen LogP contribution >= 0.6 is 0 Å². The highest BCUT2D eigenvalue weighted by molar-refractivity contribution is 6.04. The van der Waals surface area contributed by atoms with Crippen LogP contribution < -0.4 is 0 Å². The number of carbonyl (C=O) groups excluding carboxylic acids is 4. The molecule has 0 saturated carbocycles. The van der Waals surface area contributed by atoms with Crippen LogP contribution in [0.4, 0.5) is 0 Å². The average Bonchev–Trinajstić information content (AvgIpc) is 2.70. The van der Waals surface area contributed by atoms with E-state index in [0.717, 1.165) is 19.3 Å². The molecular formula is C18H24N2O5. The number of amides is 1. The van der Waals surface area contributed by atoms with E-state index in [2.05, 4.69) is 4.98 Å². The zero-order chi connectivity index (χ0) is 18.6. The van der Waals surface area contributed by atoms with Crippen molar-refractivity contribution in [3.63, 3.8) is 0 Å². The molecule has 1 amide bonds. The number of ether oxygens (including phenoxy) is 1. The SMILES string of the molecule is CC(=O)c1c(C)[nH]c(C(=O)COC(=O)CN2CCCCCC2=O)c1C. The molecule has 0 bridgehead atoms. The summed E-state index contributed by atoms with van der Waals surface area (Å²) in [7, 11) is 0. The molecule has 0 aliphatic carbocycles. The van der Waals surface area contributed by atoms with Gasteiger partial charge in [0.2, 0.25) is 11.7 Å². The van der Waals surface area contributed by atoms with E-state index in [1.165, 1.54) is 11.8 Å². The average molecular weight is 348 g/mol. The lowest BCUT2D eigenvalue weighted by Gasteiger charge is -2.19. The summed E-state index contributed by atoms with van der Waals surface area (Å²) >= 11 is 0. The Morgan fingerprint density at radius 3 is 2.52 bits per heavy atom. The predicted molar refractivity (Wildman–Crippen MR) is 90.6 cm³/mol. The van der Waals surface area contributed by atoms with Gasteiger partial charge in [-0.3, -0.25) is 19.2 Å². The standard InChI is InChI=1S/C18H24N2O5/c1-11-17(13(3)21)12(2)19-18(11)14(22)10-25-16(24)9-20-8-6-4-5-7-15(20)23/h19H,4-10H2,1-3H3. The van der Waals surface area contributed by atoms with Crippen molar-refractivity contribution >= 4 is 23.4 Å². The molecule has 25 heavy (non-hydrogen) atoms. The summed E-state index contributed by atoms with van der Waals surface area (Å²) in [6.07, 6.45) is 3.13. The third-order valence-corrected chi connectivity index (χ3v) is 4.42.